The first-order valence-electron chi connectivity index (χ1n) is 5.47. The Morgan fingerprint density at radius 3 is 2.94 bits per heavy atom. The summed E-state index contributed by atoms with van der Waals surface area (Å²) >= 11 is 0. The minimum atomic E-state index is 0. The molecule has 0 aliphatic carbocycles. The molecule has 17 heavy (non-hydrogen) atoms. The second kappa shape index (κ2) is 9.86. The van der Waals surface area contributed by atoms with Crippen LogP contribution in [0.4, 0.5) is 0 Å². The highest BCUT2D eigenvalue weighted by atomic mass is 127. The first kappa shape index (κ1) is 16.9. The molecule has 1 saturated heterocycles. The largest absolute Gasteiger partial charge is 0.383 e. The van der Waals surface area contributed by atoms with Crippen molar-refractivity contribution in [2.75, 3.05) is 40.1 Å². The number of nitrogens with one attached hydrogen (secondary N) is 1. The van der Waals surface area contributed by atoms with E-state index in [0.717, 1.165) is 0 Å². The molecule has 1 fully saturated rings. The minimum Gasteiger partial charge on any atom is -0.383 e. The lowest BCUT2D eigenvalue weighted by Crippen LogP contribution is -2.41. The van der Waals surface area contributed by atoms with E-state index in [1.165, 1.54) is 0 Å². The first-order valence-corrected chi connectivity index (χ1v) is 5.47. The lowest BCUT2D eigenvalue weighted by molar-refractivity contribution is -0.0832. The van der Waals surface area contributed by atoms with Crippen molar-refractivity contribution in [3.8, 4) is 0 Å². The molecule has 0 bridgehead atoms. The molecule has 0 aromatic carbocycles. The van der Waals surface area contributed by atoms with Gasteiger partial charge in [-0.3, -0.25) is 4.99 Å². The van der Waals surface area contributed by atoms with Crippen molar-refractivity contribution >= 4 is 29.9 Å². The topological polar surface area (TPSA) is 78.1 Å². The van der Waals surface area contributed by atoms with Crippen molar-refractivity contribution in [1.29, 1.82) is 0 Å². The van der Waals surface area contributed by atoms with Crippen molar-refractivity contribution in [3.05, 3.63) is 0 Å². The highest BCUT2D eigenvalue weighted by molar-refractivity contribution is 14.0. The van der Waals surface area contributed by atoms with Gasteiger partial charge in [-0.1, -0.05) is 0 Å². The van der Waals surface area contributed by atoms with Crippen molar-refractivity contribution < 1.29 is 14.2 Å². The van der Waals surface area contributed by atoms with Crippen LogP contribution in [0.5, 0.6) is 0 Å². The van der Waals surface area contributed by atoms with Gasteiger partial charge in [-0.15, -0.1) is 24.0 Å². The average molecular weight is 359 g/mol. The predicted molar refractivity (Wildman–Crippen MR) is 76.9 cm³/mol. The number of nitrogens with two attached hydrogens (primary N) is 1. The maximum absolute atomic E-state index is 5.71. The monoisotopic (exact) mass is 359 g/mol. The summed E-state index contributed by atoms with van der Waals surface area (Å²) in [5, 5.41) is 3.03. The fraction of sp³-hybridized carbons (Fsp3) is 0.900. The van der Waals surface area contributed by atoms with Gasteiger partial charge in [0, 0.05) is 13.2 Å². The summed E-state index contributed by atoms with van der Waals surface area (Å²) in [6.45, 7) is 4.99. The molecule has 7 heteroatoms. The van der Waals surface area contributed by atoms with Crippen LogP contribution in [-0.4, -0.2) is 58.2 Å². The zero-order valence-corrected chi connectivity index (χ0v) is 12.7. The van der Waals surface area contributed by atoms with Gasteiger partial charge in [0.2, 0.25) is 0 Å². The van der Waals surface area contributed by atoms with Crippen LogP contribution in [0, 0.1) is 0 Å². The highest BCUT2D eigenvalue weighted by Crippen LogP contribution is 2.00. The number of hydrogen-bond acceptors (Lipinski definition) is 4. The van der Waals surface area contributed by atoms with Gasteiger partial charge in [-0.05, 0) is 6.92 Å². The number of aliphatic imine (C=N–C) groups is 1. The molecule has 0 aromatic heterocycles. The summed E-state index contributed by atoms with van der Waals surface area (Å²) in [5.74, 6) is 0.415. The second-order valence-electron chi connectivity index (χ2n) is 3.79. The highest BCUT2D eigenvalue weighted by Gasteiger charge is 2.13. The molecule has 2 atom stereocenters. The third kappa shape index (κ3) is 7.74. The van der Waals surface area contributed by atoms with Crippen molar-refractivity contribution in [1.82, 2.24) is 5.32 Å². The molecule has 0 amide bonds. The Balaban J connectivity index is 0.00000256. The molecule has 6 nitrogen and oxygen atoms in total. The molecule has 0 spiro atoms. The minimum absolute atomic E-state index is 0. The van der Waals surface area contributed by atoms with Crippen molar-refractivity contribution in [2.24, 2.45) is 10.7 Å². The smallest absolute Gasteiger partial charge is 0.188 e. The summed E-state index contributed by atoms with van der Waals surface area (Å²) in [6.07, 6.45) is 0.0202. The summed E-state index contributed by atoms with van der Waals surface area (Å²) in [7, 11) is 1.65. The summed E-state index contributed by atoms with van der Waals surface area (Å²) in [4.78, 5) is 4.19. The summed E-state index contributed by atoms with van der Waals surface area (Å²) in [6, 6.07) is 0.150. The third-order valence-electron chi connectivity index (χ3n) is 2.16. The van der Waals surface area contributed by atoms with Gasteiger partial charge < -0.3 is 25.3 Å². The fourth-order valence-corrected chi connectivity index (χ4v) is 1.43. The molecule has 102 valence electrons. The average Bonchev–Trinajstić information content (AvgIpc) is 2.28. The summed E-state index contributed by atoms with van der Waals surface area (Å²) < 4.78 is 15.7. The number of nitrogens with zero attached hydrogens (tertiary/aromatic N) is 1. The zero-order chi connectivity index (χ0) is 11.8. The van der Waals surface area contributed by atoms with Crippen molar-refractivity contribution in [2.45, 2.75) is 19.1 Å². The Morgan fingerprint density at radius 2 is 2.35 bits per heavy atom. The lowest BCUT2D eigenvalue weighted by Gasteiger charge is -2.21. The Bertz CT molecular complexity index is 223. The van der Waals surface area contributed by atoms with Crippen LogP contribution >= 0.6 is 24.0 Å². The van der Waals surface area contributed by atoms with E-state index in [1.807, 2.05) is 6.92 Å². The van der Waals surface area contributed by atoms with Gasteiger partial charge in [-0.2, -0.15) is 0 Å². The zero-order valence-electron chi connectivity index (χ0n) is 10.3. The molecule has 3 N–H and O–H groups in total. The molecule has 0 radical (unpaired) electrons. The number of ether oxygens (including phenoxy) is 3. The van der Waals surface area contributed by atoms with Crippen LogP contribution in [0.15, 0.2) is 4.99 Å². The van der Waals surface area contributed by atoms with Crippen LogP contribution in [0.3, 0.4) is 0 Å². The first-order chi connectivity index (χ1) is 7.72. The van der Waals surface area contributed by atoms with Gasteiger partial charge in [0.1, 0.15) is 6.10 Å². The van der Waals surface area contributed by atoms with Gasteiger partial charge in [0.25, 0.3) is 0 Å². The number of methoxy groups -OCH3 is 1. The van der Waals surface area contributed by atoms with Gasteiger partial charge in [0.05, 0.1) is 33.0 Å². The fourth-order valence-electron chi connectivity index (χ4n) is 1.43. The SMILES string of the molecule is COCC(C)NC(N)=NCC1COCCO1.I. The van der Waals surface area contributed by atoms with E-state index in [4.69, 9.17) is 19.9 Å². The van der Waals surface area contributed by atoms with E-state index in [2.05, 4.69) is 10.3 Å². The number of rotatable bonds is 5. The molecule has 1 aliphatic heterocycles. The van der Waals surface area contributed by atoms with Gasteiger partial charge in [0.15, 0.2) is 5.96 Å². The van der Waals surface area contributed by atoms with Crippen LogP contribution < -0.4 is 11.1 Å². The van der Waals surface area contributed by atoms with Crippen LogP contribution in [0.1, 0.15) is 6.92 Å². The number of hydrogen-bond donors (Lipinski definition) is 2. The molecule has 1 aliphatic rings. The van der Waals surface area contributed by atoms with E-state index in [9.17, 15) is 0 Å². The normalized spacial score (nSPS) is 22.7. The van der Waals surface area contributed by atoms with Crippen LogP contribution in [-0.2, 0) is 14.2 Å². The summed E-state index contributed by atoms with van der Waals surface area (Å²) in [5.41, 5.74) is 5.71. The Kier molecular flexibility index (Phi) is 9.79. The van der Waals surface area contributed by atoms with E-state index >= 15 is 0 Å². The molecule has 0 saturated carbocycles. The Morgan fingerprint density at radius 1 is 1.59 bits per heavy atom. The molecule has 0 aromatic rings. The Hall–Kier alpha value is -0.120. The third-order valence-corrected chi connectivity index (χ3v) is 2.16. The maximum Gasteiger partial charge on any atom is 0.188 e. The van der Waals surface area contributed by atoms with E-state index in [0.29, 0.717) is 38.9 Å². The second-order valence-corrected chi connectivity index (χ2v) is 3.79. The molecule has 2 unspecified atom stereocenters. The van der Waals surface area contributed by atoms with E-state index < -0.39 is 0 Å². The Labute approximate surface area is 119 Å². The van der Waals surface area contributed by atoms with Crippen molar-refractivity contribution in [3.63, 3.8) is 0 Å². The molecule has 1 rings (SSSR count). The van der Waals surface area contributed by atoms with Gasteiger partial charge in [-0.25, -0.2) is 0 Å². The standard InChI is InChI=1S/C10H21N3O3.HI/c1-8(6-14-2)13-10(11)12-5-9-7-15-3-4-16-9;/h8-9H,3-7H2,1-2H3,(H3,11,12,13);1H. The van der Waals surface area contributed by atoms with Gasteiger partial charge >= 0.3 is 0 Å². The molecular weight excluding hydrogens is 337 g/mol. The van der Waals surface area contributed by atoms with E-state index in [1.54, 1.807) is 7.11 Å². The maximum atomic E-state index is 5.71. The molecule has 1 heterocycles. The number of guanidine groups is 1. The number of halogens is 1. The predicted octanol–water partition coefficient (Wildman–Crippen LogP) is -0.0410. The molecular formula is C10H22IN3O3. The quantitative estimate of drug-likeness (QED) is 0.409. The van der Waals surface area contributed by atoms with Crippen LogP contribution in [0.2, 0.25) is 0 Å². The van der Waals surface area contributed by atoms with E-state index in [-0.39, 0.29) is 36.1 Å². The van der Waals surface area contributed by atoms with Crippen LogP contribution in [0.25, 0.3) is 0 Å². The lowest BCUT2D eigenvalue weighted by atomic mass is 10.3.